The molecule has 1 aliphatic rings. The molecule has 1 fully saturated rings. The molecule has 0 bridgehead atoms. The summed E-state index contributed by atoms with van der Waals surface area (Å²) >= 11 is 0. The van der Waals surface area contributed by atoms with Crippen LogP contribution in [0.25, 0.3) is 0 Å². The molecule has 23 heavy (non-hydrogen) atoms. The maximum Gasteiger partial charge on any atom is 0.243 e. The van der Waals surface area contributed by atoms with Gasteiger partial charge >= 0.3 is 0 Å². The maximum absolute atomic E-state index is 12.7. The van der Waals surface area contributed by atoms with Gasteiger partial charge in [-0.3, -0.25) is 0 Å². The standard InChI is InChI=1S/C15H24N2O4S.ClH/c1-11(2)21-15-5-4-14(8-12(15)3)22(18,19)17-6-7-20-13(9-16)10-17;/h4-5,8,11,13H,6-7,9-10,16H2,1-3H3;1H. The zero-order chi connectivity index (χ0) is 16.3. The number of rotatable bonds is 5. The third-order valence-corrected chi connectivity index (χ3v) is 5.37. The Labute approximate surface area is 144 Å². The summed E-state index contributed by atoms with van der Waals surface area (Å²) in [5, 5.41) is 0. The SMILES string of the molecule is Cc1cc(S(=O)(=O)N2CCOC(CN)C2)ccc1OC(C)C.Cl. The van der Waals surface area contributed by atoms with Crippen molar-refractivity contribution >= 4 is 22.4 Å². The highest BCUT2D eigenvalue weighted by molar-refractivity contribution is 7.89. The van der Waals surface area contributed by atoms with E-state index in [0.29, 0.717) is 32.0 Å². The van der Waals surface area contributed by atoms with Gasteiger partial charge in [-0.25, -0.2) is 8.42 Å². The van der Waals surface area contributed by atoms with Crippen LogP contribution in [0, 0.1) is 6.92 Å². The van der Waals surface area contributed by atoms with Crippen LogP contribution in [0.5, 0.6) is 5.75 Å². The summed E-state index contributed by atoms with van der Waals surface area (Å²) in [6.07, 6.45) is -0.195. The van der Waals surface area contributed by atoms with Gasteiger partial charge in [0.15, 0.2) is 0 Å². The molecule has 6 nitrogen and oxygen atoms in total. The van der Waals surface area contributed by atoms with E-state index in [0.717, 1.165) is 5.56 Å². The lowest BCUT2D eigenvalue weighted by molar-refractivity contribution is 0.00450. The highest BCUT2D eigenvalue weighted by Gasteiger charge is 2.30. The third-order valence-electron chi connectivity index (χ3n) is 3.51. The van der Waals surface area contributed by atoms with Crippen LogP contribution in [0.1, 0.15) is 19.4 Å². The molecular weight excluding hydrogens is 340 g/mol. The monoisotopic (exact) mass is 364 g/mol. The molecular formula is C15H25ClN2O4S. The van der Waals surface area contributed by atoms with Crippen LogP contribution in [-0.2, 0) is 14.8 Å². The van der Waals surface area contributed by atoms with Gasteiger partial charge < -0.3 is 15.2 Å². The van der Waals surface area contributed by atoms with Crippen molar-refractivity contribution in [1.29, 1.82) is 0 Å². The molecule has 1 aromatic carbocycles. The smallest absolute Gasteiger partial charge is 0.243 e. The highest BCUT2D eigenvalue weighted by Crippen LogP contribution is 2.25. The molecule has 0 radical (unpaired) electrons. The van der Waals surface area contributed by atoms with Crippen LogP contribution in [0.4, 0.5) is 0 Å². The number of benzene rings is 1. The van der Waals surface area contributed by atoms with Crippen LogP contribution in [-0.4, -0.2) is 51.2 Å². The van der Waals surface area contributed by atoms with E-state index in [4.69, 9.17) is 15.2 Å². The lowest BCUT2D eigenvalue weighted by atomic mass is 10.2. The summed E-state index contributed by atoms with van der Waals surface area (Å²) in [6, 6.07) is 4.95. The van der Waals surface area contributed by atoms with Crippen LogP contribution in [0.15, 0.2) is 23.1 Å². The lowest BCUT2D eigenvalue weighted by Gasteiger charge is -2.31. The van der Waals surface area contributed by atoms with E-state index < -0.39 is 10.0 Å². The Morgan fingerprint density at radius 2 is 2.13 bits per heavy atom. The van der Waals surface area contributed by atoms with Crippen LogP contribution in [0.3, 0.4) is 0 Å². The zero-order valence-electron chi connectivity index (χ0n) is 13.7. The zero-order valence-corrected chi connectivity index (χ0v) is 15.3. The van der Waals surface area contributed by atoms with Gasteiger partial charge in [0.1, 0.15) is 5.75 Å². The number of ether oxygens (including phenoxy) is 2. The van der Waals surface area contributed by atoms with Gasteiger partial charge in [-0.05, 0) is 44.5 Å². The van der Waals surface area contributed by atoms with Crippen LogP contribution >= 0.6 is 12.4 Å². The fourth-order valence-corrected chi connectivity index (χ4v) is 3.91. The highest BCUT2D eigenvalue weighted by atomic mass is 35.5. The van der Waals surface area contributed by atoms with Gasteiger partial charge in [-0.15, -0.1) is 12.4 Å². The quantitative estimate of drug-likeness (QED) is 0.857. The van der Waals surface area contributed by atoms with Crippen molar-refractivity contribution in [1.82, 2.24) is 4.31 Å². The Hall–Kier alpha value is -0.860. The molecule has 0 amide bonds. The Balaban J connectivity index is 0.00000264. The molecule has 8 heteroatoms. The average molecular weight is 365 g/mol. The Morgan fingerprint density at radius 1 is 1.43 bits per heavy atom. The van der Waals surface area contributed by atoms with Crippen molar-refractivity contribution in [3.05, 3.63) is 23.8 Å². The number of sulfonamides is 1. The van der Waals surface area contributed by atoms with Crippen molar-refractivity contribution < 1.29 is 17.9 Å². The molecule has 1 heterocycles. The van der Waals surface area contributed by atoms with E-state index in [1.54, 1.807) is 18.2 Å². The summed E-state index contributed by atoms with van der Waals surface area (Å²) in [5.74, 6) is 0.704. The van der Waals surface area contributed by atoms with E-state index in [9.17, 15) is 8.42 Å². The molecule has 1 atom stereocenters. The molecule has 1 aromatic rings. The number of hydrogen-bond donors (Lipinski definition) is 1. The predicted octanol–water partition coefficient (Wildman–Crippen LogP) is 1.55. The largest absolute Gasteiger partial charge is 0.491 e. The first-order valence-electron chi connectivity index (χ1n) is 7.43. The van der Waals surface area contributed by atoms with Crippen molar-refractivity contribution in [3.8, 4) is 5.75 Å². The third kappa shape index (κ3) is 4.81. The minimum atomic E-state index is -3.53. The van der Waals surface area contributed by atoms with E-state index >= 15 is 0 Å². The summed E-state index contributed by atoms with van der Waals surface area (Å²) in [4.78, 5) is 0.277. The van der Waals surface area contributed by atoms with Crippen molar-refractivity contribution in [2.24, 2.45) is 5.73 Å². The van der Waals surface area contributed by atoms with E-state index in [1.165, 1.54) is 4.31 Å². The van der Waals surface area contributed by atoms with Crippen molar-refractivity contribution in [3.63, 3.8) is 0 Å². The first kappa shape index (κ1) is 20.2. The van der Waals surface area contributed by atoms with Crippen LogP contribution in [0.2, 0.25) is 0 Å². The Bertz CT molecular complexity index is 622. The molecule has 2 N–H and O–H groups in total. The second kappa shape index (κ2) is 8.30. The molecule has 0 aliphatic carbocycles. The van der Waals surface area contributed by atoms with E-state index in [2.05, 4.69) is 0 Å². The van der Waals surface area contributed by atoms with Gasteiger partial charge in [0.25, 0.3) is 0 Å². The Morgan fingerprint density at radius 3 is 2.70 bits per heavy atom. The number of morpholine rings is 1. The Kier molecular flexibility index (Phi) is 7.29. The second-order valence-electron chi connectivity index (χ2n) is 5.69. The summed E-state index contributed by atoms with van der Waals surface area (Å²) in [6.45, 7) is 7.04. The normalized spacial score (nSPS) is 19.4. The molecule has 0 saturated carbocycles. The summed E-state index contributed by atoms with van der Waals surface area (Å²) in [7, 11) is -3.53. The van der Waals surface area contributed by atoms with E-state index in [1.807, 2.05) is 20.8 Å². The summed E-state index contributed by atoms with van der Waals surface area (Å²) < 4.78 is 38.0. The van der Waals surface area contributed by atoms with Gasteiger partial charge in [0.05, 0.1) is 23.7 Å². The maximum atomic E-state index is 12.7. The van der Waals surface area contributed by atoms with Gasteiger partial charge in [-0.1, -0.05) is 0 Å². The molecule has 0 spiro atoms. The molecule has 1 unspecified atom stereocenters. The first-order valence-corrected chi connectivity index (χ1v) is 8.87. The molecule has 2 rings (SSSR count). The van der Waals surface area contributed by atoms with E-state index in [-0.39, 0.29) is 29.5 Å². The number of nitrogens with two attached hydrogens (primary N) is 1. The average Bonchev–Trinajstić information content (AvgIpc) is 2.49. The second-order valence-corrected chi connectivity index (χ2v) is 7.62. The predicted molar refractivity (Wildman–Crippen MR) is 91.7 cm³/mol. The first-order chi connectivity index (χ1) is 10.3. The molecule has 132 valence electrons. The molecule has 1 saturated heterocycles. The van der Waals surface area contributed by atoms with Gasteiger partial charge in [0.2, 0.25) is 10.0 Å². The lowest BCUT2D eigenvalue weighted by Crippen LogP contribution is -2.48. The van der Waals surface area contributed by atoms with Gasteiger partial charge in [0, 0.05) is 19.6 Å². The van der Waals surface area contributed by atoms with Crippen LogP contribution < -0.4 is 10.5 Å². The minimum absolute atomic E-state index is 0. The number of hydrogen-bond acceptors (Lipinski definition) is 5. The van der Waals surface area contributed by atoms with Crippen molar-refractivity contribution in [2.45, 2.75) is 37.9 Å². The topological polar surface area (TPSA) is 81.9 Å². The number of nitrogens with zero attached hydrogens (tertiary/aromatic N) is 1. The van der Waals surface area contributed by atoms with Crippen molar-refractivity contribution in [2.75, 3.05) is 26.2 Å². The van der Waals surface area contributed by atoms with Gasteiger partial charge in [-0.2, -0.15) is 4.31 Å². The number of aryl methyl sites for hydroxylation is 1. The summed E-state index contributed by atoms with van der Waals surface area (Å²) in [5.41, 5.74) is 6.38. The fraction of sp³-hybridized carbons (Fsp3) is 0.600. The minimum Gasteiger partial charge on any atom is -0.491 e. The number of halogens is 1. The molecule has 0 aromatic heterocycles. The fourth-order valence-electron chi connectivity index (χ4n) is 2.37. The molecule has 1 aliphatic heterocycles.